The summed E-state index contributed by atoms with van der Waals surface area (Å²) in [5, 5.41) is 3.30. The summed E-state index contributed by atoms with van der Waals surface area (Å²) in [6.45, 7) is 4.02. The molecule has 1 unspecified atom stereocenters. The minimum Gasteiger partial charge on any atom is -0.316 e. The molecule has 0 radical (unpaired) electrons. The monoisotopic (exact) mass is 249 g/mol. The van der Waals surface area contributed by atoms with Crippen molar-refractivity contribution in [1.29, 1.82) is 0 Å². The third-order valence-electron chi connectivity index (χ3n) is 3.69. The van der Waals surface area contributed by atoms with Crippen LogP contribution in [0.2, 0.25) is 0 Å². The Morgan fingerprint density at radius 3 is 3.06 bits per heavy atom. The van der Waals surface area contributed by atoms with Crippen molar-refractivity contribution in [3.63, 3.8) is 0 Å². The molecule has 0 aliphatic carbocycles. The minimum atomic E-state index is -0.261. The number of hydrogen-bond donors (Lipinski definition) is 1. The molecule has 1 aliphatic heterocycles. The lowest BCUT2D eigenvalue weighted by Gasteiger charge is -2.08. The number of carbonyl (C=O) groups excluding carboxylic acids is 1. The molecule has 1 saturated heterocycles. The Kier molecular flexibility index (Phi) is 4.48. The van der Waals surface area contributed by atoms with Crippen LogP contribution < -0.4 is 5.32 Å². The fourth-order valence-electron chi connectivity index (χ4n) is 2.46. The van der Waals surface area contributed by atoms with Crippen molar-refractivity contribution in [3.05, 3.63) is 35.1 Å². The van der Waals surface area contributed by atoms with Gasteiger partial charge in [0.15, 0.2) is 0 Å². The molecule has 0 bridgehead atoms. The predicted octanol–water partition coefficient (Wildman–Crippen LogP) is 2.64. The summed E-state index contributed by atoms with van der Waals surface area (Å²) in [7, 11) is 0. The van der Waals surface area contributed by atoms with E-state index in [0.717, 1.165) is 30.6 Å². The molecule has 1 atom stereocenters. The molecule has 2 rings (SSSR count). The van der Waals surface area contributed by atoms with Gasteiger partial charge in [-0.1, -0.05) is 6.07 Å². The zero-order chi connectivity index (χ0) is 13.0. The number of aryl methyl sites for hydroxylation is 1. The van der Waals surface area contributed by atoms with Crippen LogP contribution in [0, 0.1) is 18.7 Å². The van der Waals surface area contributed by atoms with Crippen LogP contribution in [0.1, 0.15) is 30.4 Å². The van der Waals surface area contributed by atoms with Gasteiger partial charge < -0.3 is 5.32 Å². The molecule has 1 fully saturated rings. The second-order valence-electron chi connectivity index (χ2n) is 5.18. The lowest BCUT2D eigenvalue weighted by molar-refractivity contribution is -0.118. The summed E-state index contributed by atoms with van der Waals surface area (Å²) >= 11 is 0. The molecular weight excluding hydrogens is 229 g/mol. The number of ketones is 1. The molecule has 18 heavy (non-hydrogen) atoms. The number of halogens is 1. The van der Waals surface area contributed by atoms with Crippen LogP contribution in [0.5, 0.6) is 0 Å². The Labute approximate surface area is 108 Å². The third kappa shape index (κ3) is 3.64. The molecular formula is C15H20FNO. The van der Waals surface area contributed by atoms with Crippen molar-refractivity contribution in [2.24, 2.45) is 5.92 Å². The lowest BCUT2D eigenvalue weighted by Crippen LogP contribution is -2.11. The molecule has 3 heteroatoms. The van der Waals surface area contributed by atoms with Gasteiger partial charge in [0.25, 0.3) is 0 Å². The van der Waals surface area contributed by atoms with E-state index in [0.29, 0.717) is 18.8 Å². The van der Waals surface area contributed by atoms with Crippen LogP contribution in [0.15, 0.2) is 18.2 Å². The normalized spacial score (nSPS) is 19.1. The topological polar surface area (TPSA) is 29.1 Å². The van der Waals surface area contributed by atoms with Crippen LogP contribution in [-0.2, 0) is 11.2 Å². The van der Waals surface area contributed by atoms with Gasteiger partial charge in [0, 0.05) is 12.8 Å². The molecule has 1 N–H and O–H groups in total. The summed E-state index contributed by atoms with van der Waals surface area (Å²) in [4.78, 5) is 11.9. The Morgan fingerprint density at radius 1 is 1.50 bits per heavy atom. The first-order chi connectivity index (χ1) is 8.65. The van der Waals surface area contributed by atoms with E-state index in [1.807, 2.05) is 6.92 Å². The first-order valence-corrected chi connectivity index (χ1v) is 6.62. The Balaban J connectivity index is 1.84. The Bertz CT molecular complexity index is 425. The SMILES string of the molecule is Cc1ccc(F)cc1CC(=O)CCC1CCNC1. The highest BCUT2D eigenvalue weighted by atomic mass is 19.1. The van der Waals surface area contributed by atoms with Gasteiger partial charge in [0.05, 0.1) is 0 Å². The van der Waals surface area contributed by atoms with Gasteiger partial charge >= 0.3 is 0 Å². The Morgan fingerprint density at radius 2 is 2.33 bits per heavy atom. The van der Waals surface area contributed by atoms with E-state index < -0.39 is 0 Å². The van der Waals surface area contributed by atoms with E-state index in [4.69, 9.17) is 0 Å². The molecule has 0 spiro atoms. The standard InChI is InChI=1S/C15H20FNO/c1-11-2-4-14(16)8-13(11)9-15(18)5-3-12-6-7-17-10-12/h2,4,8,12,17H,3,5-7,9-10H2,1H3. The van der Waals surface area contributed by atoms with Crippen molar-refractivity contribution in [2.75, 3.05) is 13.1 Å². The minimum absolute atomic E-state index is 0.218. The number of nitrogens with one attached hydrogen (secondary N) is 1. The van der Waals surface area contributed by atoms with Crippen LogP contribution in [0.25, 0.3) is 0 Å². The van der Waals surface area contributed by atoms with Gasteiger partial charge in [0.1, 0.15) is 11.6 Å². The van der Waals surface area contributed by atoms with Gasteiger partial charge in [-0.3, -0.25) is 4.79 Å². The van der Waals surface area contributed by atoms with Crippen molar-refractivity contribution < 1.29 is 9.18 Å². The van der Waals surface area contributed by atoms with E-state index in [-0.39, 0.29) is 11.6 Å². The van der Waals surface area contributed by atoms with E-state index in [2.05, 4.69) is 5.32 Å². The summed E-state index contributed by atoms with van der Waals surface area (Å²) in [5.41, 5.74) is 1.82. The number of carbonyl (C=O) groups is 1. The maximum absolute atomic E-state index is 13.1. The first-order valence-electron chi connectivity index (χ1n) is 6.62. The van der Waals surface area contributed by atoms with E-state index >= 15 is 0 Å². The molecule has 1 aromatic rings. The number of rotatable bonds is 5. The molecule has 2 nitrogen and oxygen atoms in total. The molecule has 0 amide bonds. The van der Waals surface area contributed by atoms with Crippen LogP contribution in [-0.4, -0.2) is 18.9 Å². The van der Waals surface area contributed by atoms with Crippen LogP contribution >= 0.6 is 0 Å². The number of Topliss-reactive ketones (excluding diaryl/α,β-unsaturated/α-hetero) is 1. The lowest BCUT2D eigenvalue weighted by atomic mass is 9.96. The summed E-state index contributed by atoms with van der Waals surface area (Å²) < 4.78 is 13.1. The van der Waals surface area contributed by atoms with Crippen molar-refractivity contribution in [2.45, 2.75) is 32.6 Å². The maximum atomic E-state index is 13.1. The van der Waals surface area contributed by atoms with Crippen molar-refractivity contribution >= 4 is 5.78 Å². The zero-order valence-corrected chi connectivity index (χ0v) is 10.8. The fourth-order valence-corrected chi connectivity index (χ4v) is 2.46. The van der Waals surface area contributed by atoms with E-state index in [1.54, 1.807) is 6.07 Å². The molecule has 98 valence electrons. The summed E-state index contributed by atoms with van der Waals surface area (Å²) in [6.07, 6.45) is 3.11. The Hall–Kier alpha value is -1.22. The quantitative estimate of drug-likeness (QED) is 0.869. The molecule has 0 aromatic heterocycles. The van der Waals surface area contributed by atoms with E-state index in [1.165, 1.54) is 18.6 Å². The average Bonchev–Trinajstić information content (AvgIpc) is 2.84. The summed E-state index contributed by atoms with van der Waals surface area (Å²) in [5.74, 6) is 0.599. The number of benzene rings is 1. The fraction of sp³-hybridized carbons (Fsp3) is 0.533. The second kappa shape index (κ2) is 6.10. The van der Waals surface area contributed by atoms with Gasteiger partial charge in [-0.05, 0) is 62.0 Å². The third-order valence-corrected chi connectivity index (χ3v) is 3.69. The van der Waals surface area contributed by atoms with Gasteiger partial charge in [0.2, 0.25) is 0 Å². The molecule has 1 aromatic carbocycles. The average molecular weight is 249 g/mol. The van der Waals surface area contributed by atoms with Crippen molar-refractivity contribution in [3.8, 4) is 0 Å². The number of hydrogen-bond acceptors (Lipinski definition) is 2. The smallest absolute Gasteiger partial charge is 0.137 e. The maximum Gasteiger partial charge on any atom is 0.137 e. The van der Waals surface area contributed by atoms with Crippen molar-refractivity contribution in [1.82, 2.24) is 5.32 Å². The highest BCUT2D eigenvalue weighted by Crippen LogP contribution is 2.17. The molecule has 1 aliphatic rings. The van der Waals surface area contributed by atoms with E-state index in [9.17, 15) is 9.18 Å². The van der Waals surface area contributed by atoms with Gasteiger partial charge in [-0.25, -0.2) is 4.39 Å². The summed E-state index contributed by atoms with van der Waals surface area (Å²) in [6, 6.07) is 4.65. The van der Waals surface area contributed by atoms with Gasteiger partial charge in [-0.15, -0.1) is 0 Å². The molecule has 0 saturated carbocycles. The predicted molar refractivity (Wildman–Crippen MR) is 70.1 cm³/mol. The highest BCUT2D eigenvalue weighted by Gasteiger charge is 2.16. The van der Waals surface area contributed by atoms with Crippen LogP contribution in [0.3, 0.4) is 0 Å². The zero-order valence-electron chi connectivity index (χ0n) is 10.8. The molecule has 1 heterocycles. The largest absolute Gasteiger partial charge is 0.316 e. The first kappa shape index (κ1) is 13.2. The van der Waals surface area contributed by atoms with Crippen LogP contribution in [0.4, 0.5) is 4.39 Å². The van der Waals surface area contributed by atoms with Gasteiger partial charge in [-0.2, -0.15) is 0 Å². The second-order valence-corrected chi connectivity index (χ2v) is 5.18. The highest BCUT2D eigenvalue weighted by molar-refractivity contribution is 5.81.